The predicted octanol–water partition coefficient (Wildman–Crippen LogP) is 3.91. The number of benzene rings is 3. The molecule has 0 saturated heterocycles. The van der Waals surface area contributed by atoms with Crippen LogP contribution in [0.4, 0.5) is 9.59 Å². The van der Waals surface area contributed by atoms with Crippen molar-refractivity contribution in [1.29, 1.82) is 0 Å². The molecule has 0 aliphatic heterocycles. The molecule has 0 heterocycles. The molecule has 1 aliphatic rings. The molecule has 4 rings (SSSR count). The predicted molar refractivity (Wildman–Crippen MR) is 140 cm³/mol. The van der Waals surface area contributed by atoms with Gasteiger partial charge >= 0.3 is 12.2 Å². The minimum absolute atomic E-state index is 0.000358. The number of aliphatic carboxylic acids is 1. The first-order valence-electron chi connectivity index (χ1n) is 12.5. The summed E-state index contributed by atoms with van der Waals surface area (Å²) in [7, 11) is 0. The van der Waals surface area contributed by atoms with Gasteiger partial charge in [-0.05, 0) is 60.6 Å². The fourth-order valence-electron chi connectivity index (χ4n) is 4.57. The number of carbonyl (C=O) groups is 3. The highest BCUT2D eigenvalue weighted by Crippen LogP contribution is 2.44. The monoisotopic (exact) mass is 515 g/mol. The Morgan fingerprint density at radius 2 is 1.47 bits per heavy atom. The van der Waals surface area contributed by atoms with Gasteiger partial charge in [-0.1, -0.05) is 72.8 Å². The number of amides is 2. The van der Waals surface area contributed by atoms with Gasteiger partial charge in [0.2, 0.25) is 0 Å². The van der Waals surface area contributed by atoms with E-state index >= 15 is 0 Å². The van der Waals surface area contributed by atoms with Crippen molar-refractivity contribution in [3.8, 4) is 11.1 Å². The standard InChI is InChI=1S/C30H32N2O6/c1-30(2,3)38-29(36)32-26(27(33)34)16-19-9-8-10-20(15-19)17-31-28(35)37-18-25-23-13-6-4-11-21(23)22-12-5-7-14-24(22)25/h4-15,25-26H,16-18H2,1-3H3,(H,31,35)(H,32,36)(H,33,34)/p-1/t26-/m1/s1. The van der Waals surface area contributed by atoms with Gasteiger partial charge in [-0.2, -0.15) is 0 Å². The van der Waals surface area contributed by atoms with Crippen LogP contribution in [0.5, 0.6) is 0 Å². The van der Waals surface area contributed by atoms with Crippen molar-refractivity contribution in [3.05, 3.63) is 95.1 Å². The van der Waals surface area contributed by atoms with E-state index in [1.54, 1.807) is 39.0 Å². The number of fused-ring (bicyclic) bond motifs is 3. The zero-order chi connectivity index (χ0) is 27.3. The summed E-state index contributed by atoms with van der Waals surface area (Å²) in [6.45, 7) is 5.47. The summed E-state index contributed by atoms with van der Waals surface area (Å²) in [6, 6.07) is 22.0. The Morgan fingerprint density at radius 3 is 2.08 bits per heavy atom. The van der Waals surface area contributed by atoms with Crippen LogP contribution in [-0.4, -0.2) is 36.4 Å². The normalized spacial score (nSPS) is 13.1. The number of carboxylic acids is 1. The van der Waals surface area contributed by atoms with Gasteiger partial charge in [-0.15, -0.1) is 0 Å². The van der Waals surface area contributed by atoms with E-state index < -0.39 is 29.8 Å². The Morgan fingerprint density at radius 1 is 0.868 bits per heavy atom. The first-order chi connectivity index (χ1) is 18.1. The molecule has 0 spiro atoms. The molecule has 0 fully saturated rings. The van der Waals surface area contributed by atoms with Crippen LogP contribution in [0.3, 0.4) is 0 Å². The molecule has 2 amide bonds. The van der Waals surface area contributed by atoms with Crippen LogP contribution in [0.25, 0.3) is 11.1 Å². The highest BCUT2D eigenvalue weighted by molar-refractivity contribution is 5.80. The summed E-state index contributed by atoms with van der Waals surface area (Å²) in [5.74, 6) is -1.45. The van der Waals surface area contributed by atoms with E-state index in [0.717, 1.165) is 27.8 Å². The van der Waals surface area contributed by atoms with Crippen molar-refractivity contribution in [2.45, 2.75) is 51.3 Å². The molecule has 8 nitrogen and oxygen atoms in total. The van der Waals surface area contributed by atoms with Crippen molar-refractivity contribution in [3.63, 3.8) is 0 Å². The van der Waals surface area contributed by atoms with E-state index in [0.29, 0.717) is 5.56 Å². The maximum absolute atomic E-state index is 12.5. The lowest BCUT2D eigenvalue weighted by Crippen LogP contribution is -2.50. The molecule has 0 aromatic heterocycles. The molecule has 198 valence electrons. The molecule has 0 radical (unpaired) electrons. The number of rotatable bonds is 8. The number of carbonyl (C=O) groups excluding carboxylic acids is 3. The molecule has 1 atom stereocenters. The fraction of sp³-hybridized carbons (Fsp3) is 0.300. The number of ether oxygens (including phenoxy) is 2. The quantitative estimate of drug-likeness (QED) is 0.470. The second-order valence-electron chi connectivity index (χ2n) is 10.2. The van der Waals surface area contributed by atoms with Crippen LogP contribution in [0, 0.1) is 0 Å². The average molecular weight is 516 g/mol. The van der Waals surface area contributed by atoms with Crippen LogP contribution in [-0.2, 0) is 27.2 Å². The zero-order valence-electron chi connectivity index (χ0n) is 21.7. The van der Waals surface area contributed by atoms with Gasteiger partial charge in [-0.25, -0.2) is 9.59 Å². The molecule has 1 aliphatic carbocycles. The fourth-order valence-corrected chi connectivity index (χ4v) is 4.57. The van der Waals surface area contributed by atoms with Crippen molar-refractivity contribution in [1.82, 2.24) is 10.6 Å². The van der Waals surface area contributed by atoms with Gasteiger partial charge in [-0.3, -0.25) is 0 Å². The second kappa shape index (κ2) is 11.4. The van der Waals surface area contributed by atoms with E-state index in [2.05, 4.69) is 34.9 Å². The molecule has 0 saturated carbocycles. The van der Waals surface area contributed by atoms with Crippen molar-refractivity contribution >= 4 is 18.2 Å². The largest absolute Gasteiger partial charge is 0.548 e. The SMILES string of the molecule is CC(C)(C)OC(=O)N[C@H](Cc1cccc(CNC(=O)OCC2c3ccccc3-c3ccccc32)c1)C(=O)[O-]. The van der Waals surface area contributed by atoms with Gasteiger partial charge in [0, 0.05) is 12.5 Å². The Kier molecular flexibility index (Phi) is 8.00. The van der Waals surface area contributed by atoms with Crippen LogP contribution in [0.1, 0.15) is 48.9 Å². The number of nitrogens with one attached hydrogen (secondary N) is 2. The van der Waals surface area contributed by atoms with Gasteiger partial charge in [0.25, 0.3) is 0 Å². The highest BCUT2D eigenvalue weighted by atomic mass is 16.6. The first kappa shape index (κ1) is 26.7. The summed E-state index contributed by atoms with van der Waals surface area (Å²) < 4.78 is 10.7. The van der Waals surface area contributed by atoms with E-state index in [9.17, 15) is 19.5 Å². The summed E-state index contributed by atoms with van der Waals surface area (Å²) in [6.07, 6.45) is -1.38. The first-order valence-corrected chi connectivity index (χ1v) is 12.5. The average Bonchev–Trinajstić information content (AvgIpc) is 3.18. The van der Waals surface area contributed by atoms with E-state index in [1.165, 1.54) is 0 Å². The van der Waals surface area contributed by atoms with Crippen molar-refractivity contribution < 1.29 is 29.0 Å². The highest BCUT2D eigenvalue weighted by Gasteiger charge is 2.29. The smallest absolute Gasteiger partial charge is 0.408 e. The van der Waals surface area contributed by atoms with Gasteiger partial charge < -0.3 is 30.0 Å². The van der Waals surface area contributed by atoms with Crippen LogP contribution >= 0.6 is 0 Å². The van der Waals surface area contributed by atoms with E-state index in [4.69, 9.17) is 9.47 Å². The molecule has 3 aromatic carbocycles. The lowest BCUT2D eigenvalue weighted by molar-refractivity contribution is -0.308. The molecule has 0 unspecified atom stereocenters. The third kappa shape index (κ3) is 6.70. The lowest BCUT2D eigenvalue weighted by atomic mass is 9.98. The zero-order valence-corrected chi connectivity index (χ0v) is 21.7. The molecule has 0 bridgehead atoms. The Labute approximate surface area is 222 Å². The molecule has 38 heavy (non-hydrogen) atoms. The summed E-state index contributed by atoms with van der Waals surface area (Å²) in [5, 5.41) is 16.7. The van der Waals surface area contributed by atoms with Gasteiger partial charge in [0.1, 0.15) is 12.2 Å². The van der Waals surface area contributed by atoms with Crippen molar-refractivity contribution in [2.24, 2.45) is 0 Å². The lowest BCUT2D eigenvalue weighted by Gasteiger charge is -2.24. The molecular weight excluding hydrogens is 484 g/mol. The summed E-state index contributed by atoms with van der Waals surface area (Å²) in [4.78, 5) is 36.1. The van der Waals surface area contributed by atoms with E-state index in [-0.39, 0.29) is 25.5 Å². The third-order valence-electron chi connectivity index (χ3n) is 6.19. The van der Waals surface area contributed by atoms with Crippen LogP contribution in [0.15, 0.2) is 72.8 Å². The Bertz CT molecular complexity index is 1280. The second-order valence-corrected chi connectivity index (χ2v) is 10.2. The Hall–Kier alpha value is -4.33. The Balaban J connectivity index is 1.32. The topological polar surface area (TPSA) is 117 Å². The van der Waals surface area contributed by atoms with Gasteiger partial charge in [0.15, 0.2) is 0 Å². The van der Waals surface area contributed by atoms with Crippen LogP contribution in [0.2, 0.25) is 0 Å². The molecule has 2 N–H and O–H groups in total. The third-order valence-corrected chi connectivity index (χ3v) is 6.19. The number of hydrogen-bond donors (Lipinski definition) is 2. The van der Waals surface area contributed by atoms with Crippen LogP contribution < -0.4 is 15.7 Å². The minimum atomic E-state index is -1.42. The number of hydrogen-bond acceptors (Lipinski definition) is 6. The summed E-state index contributed by atoms with van der Waals surface area (Å²) in [5.41, 5.74) is 5.24. The van der Waals surface area contributed by atoms with Crippen molar-refractivity contribution in [2.75, 3.05) is 6.61 Å². The minimum Gasteiger partial charge on any atom is -0.548 e. The molecule has 8 heteroatoms. The maximum atomic E-state index is 12.5. The maximum Gasteiger partial charge on any atom is 0.408 e. The van der Waals surface area contributed by atoms with Gasteiger partial charge in [0.05, 0.1) is 12.0 Å². The van der Waals surface area contributed by atoms with E-state index in [1.807, 2.05) is 30.3 Å². The number of carboxylic acid groups (broad SMARTS) is 1. The number of alkyl carbamates (subject to hydrolysis) is 2. The summed E-state index contributed by atoms with van der Waals surface area (Å²) >= 11 is 0. The molecular formula is C30H31N2O6-. The molecule has 3 aromatic rings.